The van der Waals surface area contributed by atoms with Gasteiger partial charge >= 0.3 is 0 Å². The minimum Gasteiger partial charge on any atom is -0.318 e. The average molecular weight is 278 g/mol. The second-order valence-corrected chi connectivity index (χ2v) is 6.98. The van der Waals surface area contributed by atoms with Crippen LogP contribution in [0.2, 0.25) is 0 Å². The second kappa shape index (κ2) is 5.25. The van der Waals surface area contributed by atoms with Gasteiger partial charge in [0.2, 0.25) is 5.91 Å². The Morgan fingerprint density at radius 1 is 1.37 bits per heavy atom. The molecule has 0 radical (unpaired) electrons. The van der Waals surface area contributed by atoms with E-state index in [0.717, 1.165) is 6.42 Å². The van der Waals surface area contributed by atoms with Gasteiger partial charge in [-0.2, -0.15) is 0 Å². The fourth-order valence-electron chi connectivity index (χ4n) is 3.33. The number of hydrogen-bond donors (Lipinski definition) is 1. The normalized spacial score (nSPS) is 28.5. The third-order valence-electron chi connectivity index (χ3n) is 4.35. The summed E-state index contributed by atoms with van der Waals surface area (Å²) in [6, 6.07) is 4.78. The molecule has 3 rings (SSSR count). The standard InChI is InChI=1S/C15H22N2OS/c1-3-12-15(18)17(11-6-4-5-7-11)14(16-12)13-9-8-10(2)19-13/h8-9,11-12,14,16H,3-7H2,1-2H3. The molecule has 0 bridgehead atoms. The van der Waals surface area contributed by atoms with Crippen molar-refractivity contribution >= 4 is 17.2 Å². The molecule has 1 saturated heterocycles. The van der Waals surface area contributed by atoms with Gasteiger partial charge in [-0.1, -0.05) is 19.8 Å². The van der Waals surface area contributed by atoms with Crippen LogP contribution in [0.4, 0.5) is 0 Å². The van der Waals surface area contributed by atoms with E-state index in [1.165, 1.54) is 35.4 Å². The van der Waals surface area contributed by atoms with Crippen LogP contribution in [0.1, 0.15) is 54.9 Å². The van der Waals surface area contributed by atoms with E-state index in [0.29, 0.717) is 11.9 Å². The van der Waals surface area contributed by atoms with Crippen LogP contribution in [-0.4, -0.2) is 22.9 Å². The molecule has 1 amide bonds. The summed E-state index contributed by atoms with van der Waals surface area (Å²) in [6.07, 6.45) is 5.86. The maximum Gasteiger partial charge on any atom is 0.241 e. The zero-order valence-electron chi connectivity index (χ0n) is 11.7. The van der Waals surface area contributed by atoms with Crippen LogP contribution in [0.25, 0.3) is 0 Å². The molecule has 1 N–H and O–H groups in total. The number of amides is 1. The van der Waals surface area contributed by atoms with Gasteiger partial charge in [0.05, 0.1) is 6.04 Å². The molecule has 1 aliphatic heterocycles. The van der Waals surface area contributed by atoms with E-state index >= 15 is 0 Å². The van der Waals surface area contributed by atoms with Crippen molar-refractivity contribution in [3.63, 3.8) is 0 Å². The summed E-state index contributed by atoms with van der Waals surface area (Å²) in [6.45, 7) is 4.21. The van der Waals surface area contributed by atoms with Crippen LogP contribution >= 0.6 is 11.3 Å². The highest BCUT2D eigenvalue weighted by atomic mass is 32.1. The summed E-state index contributed by atoms with van der Waals surface area (Å²) in [5, 5.41) is 3.53. The molecule has 2 unspecified atom stereocenters. The maximum absolute atomic E-state index is 12.6. The summed E-state index contributed by atoms with van der Waals surface area (Å²) < 4.78 is 0. The smallest absolute Gasteiger partial charge is 0.241 e. The molecule has 0 aromatic carbocycles. The number of nitrogens with zero attached hydrogens (tertiary/aromatic N) is 1. The zero-order chi connectivity index (χ0) is 13.4. The molecule has 19 heavy (non-hydrogen) atoms. The summed E-state index contributed by atoms with van der Waals surface area (Å²) in [7, 11) is 0. The van der Waals surface area contributed by atoms with Gasteiger partial charge < -0.3 is 4.90 Å². The first-order valence-corrected chi connectivity index (χ1v) is 8.17. The Balaban J connectivity index is 1.89. The molecule has 2 atom stereocenters. The van der Waals surface area contributed by atoms with Crippen LogP contribution in [0.15, 0.2) is 12.1 Å². The largest absolute Gasteiger partial charge is 0.318 e. The second-order valence-electron chi connectivity index (χ2n) is 5.66. The Hall–Kier alpha value is -0.870. The molecular weight excluding hydrogens is 256 g/mol. The molecular formula is C15H22N2OS. The Morgan fingerprint density at radius 2 is 2.11 bits per heavy atom. The summed E-state index contributed by atoms with van der Waals surface area (Å²) in [5.74, 6) is 0.311. The van der Waals surface area contributed by atoms with E-state index < -0.39 is 0 Å². The molecule has 4 heteroatoms. The first kappa shape index (κ1) is 13.1. The fraction of sp³-hybridized carbons (Fsp3) is 0.667. The van der Waals surface area contributed by atoms with Gasteiger partial charge in [0.15, 0.2) is 0 Å². The molecule has 1 aromatic rings. The summed E-state index contributed by atoms with van der Waals surface area (Å²) in [5.41, 5.74) is 0. The molecule has 1 saturated carbocycles. The Kier molecular flexibility index (Phi) is 3.63. The van der Waals surface area contributed by atoms with Crippen molar-refractivity contribution in [1.82, 2.24) is 10.2 Å². The van der Waals surface area contributed by atoms with Gasteiger partial charge in [0.25, 0.3) is 0 Å². The van der Waals surface area contributed by atoms with Crippen LogP contribution < -0.4 is 5.32 Å². The molecule has 2 heterocycles. The number of nitrogens with one attached hydrogen (secondary N) is 1. The molecule has 3 nitrogen and oxygen atoms in total. The van der Waals surface area contributed by atoms with Crippen molar-refractivity contribution < 1.29 is 4.79 Å². The van der Waals surface area contributed by atoms with Gasteiger partial charge in [-0.15, -0.1) is 11.3 Å². The average Bonchev–Trinajstić information content (AvgIpc) is 3.08. The number of carbonyl (C=O) groups excluding carboxylic acids is 1. The predicted octanol–water partition coefficient (Wildman–Crippen LogP) is 3.21. The fourth-order valence-corrected chi connectivity index (χ4v) is 4.27. The van der Waals surface area contributed by atoms with Crippen molar-refractivity contribution in [3.05, 3.63) is 21.9 Å². The number of hydrogen-bond acceptors (Lipinski definition) is 3. The highest BCUT2D eigenvalue weighted by molar-refractivity contribution is 7.12. The van der Waals surface area contributed by atoms with Crippen molar-refractivity contribution in [2.45, 2.75) is 64.2 Å². The highest BCUT2D eigenvalue weighted by Crippen LogP contribution is 2.36. The van der Waals surface area contributed by atoms with Crippen molar-refractivity contribution in [1.29, 1.82) is 0 Å². The number of carbonyl (C=O) groups is 1. The maximum atomic E-state index is 12.6. The van der Waals surface area contributed by atoms with E-state index in [9.17, 15) is 4.79 Å². The topological polar surface area (TPSA) is 32.3 Å². The molecule has 2 fully saturated rings. The molecule has 1 aromatic heterocycles. The zero-order valence-corrected chi connectivity index (χ0v) is 12.5. The quantitative estimate of drug-likeness (QED) is 0.921. The minimum atomic E-state index is 0.00741. The van der Waals surface area contributed by atoms with Crippen LogP contribution in [0, 0.1) is 6.92 Å². The first-order valence-electron chi connectivity index (χ1n) is 7.35. The van der Waals surface area contributed by atoms with Crippen molar-refractivity contribution in [2.24, 2.45) is 0 Å². The highest BCUT2D eigenvalue weighted by Gasteiger charge is 2.43. The molecule has 0 spiro atoms. The lowest BCUT2D eigenvalue weighted by Gasteiger charge is -2.29. The molecule has 104 valence electrons. The van der Waals surface area contributed by atoms with Gasteiger partial charge in [-0.25, -0.2) is 0 Å². The third-order valence-corrected chi connectivity index (χ3v) is 5.40. The van der Waals surface area contributed by atoms with Crippen LogP contribution in [-0.2, 0) is 4.79 Å². The number of thiophene rings is 1. The van der Waals surface area contributed by atoms with Gasteiger partial charge in [0.1, 0.15) is 6.17 Å². The van der Waals surface area contributed by atoms with E-state index in [-0.39, 0.29) is 12.2 Å². The monoisotopic (exact) mass is 278 g/mol. The first-order chi connectivity index (χ1) is 9.20. The minimum absolute atomic E-state index is 0.00741. The van der Waals surface area contributed by atoms with Crippen LogP contribution in [0.3, 0.4) is 0 Å². The van der Waals surface area contributed by atoms with Crippen molar-refractivity contribution in [2.75, 3.05) is 0 Å². The Morgan fingerprint density at radius 3 is 2.68 bits per heavy atom. The van der Waals surface area contributed by atoms with Gasteiger partial charge in [-0.05, 0) is 38.3 Å². The summed E-state index contributed by atoms with van der Waals surface area (Å²) in [4.78, 5) is 17.3. The third kappa shape index (κ3) is 2.32. The lowest BCUT2D eigenvalue weighted by Crippen LogP contribution is -2.38. The summed E-state index contributed by atoms with van der Waals surface area (Å²) >= 11 is 1.81. The van der Waals surface area contributed by atoms with E-state index in [4.69, 9.17) is 0 Å². The Bertz CT molecular complexity index is 464. The lowest BCUT2D eigenvalue weighted by atomic mass is 10.1. The number of rotatable bonds is 3. The van der Waals surface area contributed by atoms with Crippen LogP contribution in [0.5, 0.6) is 0 Å². The molecule has 1 aliphatic carbocycles. The SMILES string of the molecule is CCC1NC(c2ccc(C)s2)N(C2CCCC2)C1=O. The predicted molar refractivity (Wildman–Crippen MR) is 78.1 cm³/mol. The lowest BCUT2D eigenvalue weighted by molar-refractivity contribution is -0.132. The Labute approximate surface area is 119 Å². The van der Waals surface area contributed by atoms with Gasteiger partial charge in [0, 0.05) is 15.8 Å². The number of aryl methyl sites for hydroxylation is 1. The van der Waals surface area contributed by atoms with E-state index in [2.05, 4.69) is 36.2 Å². The van der Waals surface area contributed by atoms with E-state index in [1.807, 2.05) is 0 Å². The van der Waals surface area contributed by atoms with E-state index in [1.54, 1.807) is 11.3 Å². The molecule has 2 aliphatic rings. The van der Waals surface area contributed by atoms with Gasteiger partial charge in [-0.3, -0.25) is 10.1 Å². The van der Waals surface area contributed by atoms with Crippen molar-refractivity contribution in [3.8, 4) is 0 Å².